The zero-order chi connectivity index (χ0) is 24.0. The summed E-state index contributed by atoms with van der Waals surface area (Å²) in [4.78, 5) is 38.5. The third-order valence-corrected chi connectivity index (χ3v) is 7.22. The molecular formula is C23H27Cl2N3O4S. The van der Waals surface area contributed by atoms with Crippen molar-refractivity contribution in [2.24, 2.45) is 0 Å². The number of rotatable bonds is 7. The van der Waals surface area contributed by atoms with Gasteiger partial charge in [-0.1, -0.05) is 49.5 Å². The molecule has 1 aliphatic rings. The summed E-state index contributed by atoms with van der Waals surface area (Å²) >= 11 is 13.5. The lowest BCUT2D eigenvalue weighted by atomic mass is 9.98. The fourth-order valence-corrected chi connectivity index (χ4v) is 5.02. The van der Waals surface area contributed by atoms with Crippen LogP contribution in [0.2, 0.25) is 10.0 Å². The van der Waals surface area contributed by atoms with Crippen LogP contribution in [0.15, 0.2) is 24.3 Å². The van der Waals surface area contributed by atoms with Gasteiger partial charge in [0, 0.05) is 4.88 Å². The number of amides is 3. The Morgan fingerprint density at radius 3 is 2.39 bits per heavy atom. The van der Waals surface area contributed by atoms with Crippen LogP contribution in [0, 0.1) is 0 Å². The van der Waals surface area contributed by atoms with Crippen LogP contribution in [0.3, 0.4) is 0 Å². The van der Waals surface area contributed by atoms with Crippen molar-refractivity contribution in [2.75, 3.05) is 17.2 Å². The van der Waals surface area contributed by atoms with E-state index in [0.717, 1.165) is 37.0 Å². The normalized spacial score (nSPS) is 14.1. The Morgan fingerprint density at radius 2 is 1.76 bits per heavy atom. The van der Waals surface area contributed by atoms with Gasteiger partial charge in [0.15, 0.2) is 0 Å². The van der Waals surface area contributed by atoms with Gasteiger partial charge < -0.3 is 15.4 Å². The molecule has 178 valence electrons. The van der Waals surface area contributed by atoms with Crippen molar-refractivity contribution in [3.63, 3.8) is 0 Å². The number of anilines is 2. The van der Waals surface area contributed by atoms with Crippen molar-refractivity contribution in [3.8, 4) is 0 Å². The van der Waals surface area contributed by atoms with Crippen LogP contribution >= 0.6 is 34.5 Å². The van der Waals surface area contributed by atoms with E-state index >= 15 is 0 Å². The maximum Gasteiger partial charge on any atom is 0.325 e. The molecule has 1 aliphatic carbocycles. The fraction of sp³-hybridized carbons (Fsp3) is 0.435. The van der Waals surface area contributed by atoms with Crippen molar-refractivity contribution >= 4 is 63.1 Å². The summed E-state index contributed by atoms with van der Waals surface area (Å²) < 4.78 is 5.45. The molecule has 0 bridgehead atoms. The maximum atomic E-state index is 12.8. The second-order valence-electron chi connectivity index (χ2n) is 8.15. The molecule has 3 amide bonds. The molecule has 2 aromatic rings. The van der Waals surface area contributed by atoms with E-state index in [4.69, 9.17) is 27.9 Å². The van der Waals surface area contributed by atoms with Gasteiger partial charge in [-0.15, -0.1) is 11.3 Å². The second kappa shape index (κ2) is 11.7. The summed E-state index contributed by atoms with van der Waals surface area (Å²) in [7, 11) is 0. The molecular weight excluding hydrogens is 485 g/mol. The van der Waals surface area contributed by atoms with Crippen molar-refractivity contribution < 1.29 is 19.1 Å². The van der Waals surface area contributed by atoms with Gasteiger partial charge in [0.1, 0.15) is 17.6 Å². The topological polar surface area (TPSA) is 96.5 Å². The Hall–Kier alpha value is -2.29. The first-order chi connectivity index (χ1) is 15.7. The molecule has 1 aromatic heterocycles. The van der Waals surface area contributed by atoms with E-state index in [1.165, 1.54) is 11.3 Å². The van der Waals surface area contributed by atoms with Gasteiger partial charge in [0.2, 0.25) is 0 Å². The number of carbonyl (C=O) groups is 3. The van der Waals surface area contributed by atoms with E-state index in [2.05, 4.69) is 16.0 Å². The maximum absolute atomic E-state index is 12.8. The van der Waals surface area contributed by atoms with Gasteiger partial charge in [0.25, 0.3) is 5.91 Å². The van der Waals surface area contributed by atoms with Gasteiger partial charge in [-0.3, -0.25) is 14.9 Å². The monoisotopic (exact) mass is 511 g/mol. The smallest absolute Gasteiger partial charge is 0.325 e. The lowest BCUT2D eigenvalue weighted by molar-refractivity contribution is -0.149. The molecule has 7 nitrogen and oxygen atoms in total. The molecule has 10 heteroatoms. The highest BCUT2D eigenvalue weighted by molar-refractivity contribution is 7.16. The molecule has 0 radical (unpaired) electrons. The highest BCUT2D eigenvalue weighted by Gasteiger charge is 2.22. The zero-order valence-corrected chi connectivity index (χ0v) is 20.8. The van der Waals surface area contributed by atoms with Gasteiger partial charge in [-0.2, -0.15) is 0 Å². The number of carbonyl (C=O) groups excluding carboxylic acids is 3. The van der Waals surface area contributed by atoms with Crippen molar-refractivity contribution in [2.45, 2.75) is 58.0 Å². The molecule has 33 heavy (non-hydrogen) atoms. The molecule has 0 saturated heterocycles. The van der Waals surface area contributed by atoms with Crippen LogP contribution < -0.4 is 16.0 Å². The molecule has 3 rings (SSSR count). The molecule has 1 fully saturated rings. The van der Waals surface area contributed by atoms with Crippen LogP contribution in [0.1, 0.15) is 67.1 Å². The minimum absolute atomic E-state index is 0.0746. The average molecular weight is 512 g/mol. The Kier molecular flexibility index (Phi) is 9.00. The van der Waals surface area contributed by atoms with Crippen molar-refractivity contribution in [1.29, 1.82) is 0 Å². The summed E-state index contributed by atoms with van der Waals surface area (Å²) in [5.74, 6) is -0.783. The van der Waals surface area contributed by atoms with Gasteiger partial charge in [0.05, 0.1) is 21.3 Å². The quantitative estimate of drug-likeness (QED) is 0.373. The number of halogens is 2. The van der Waals surface area contributed by atoms with E-state index < -0.39 is 17.9 Å². The Bertz CT molecular complexity index is 999. The number of hydrogen-bond acceptors (Lipinski definition) is 5. The van der Waals surface area contributed by atoms with E-state index in [1.807, 2.05) is 13.8 Å². The predicted octanol–water partition coefficient (Wildman–Crippen LogP) is 6.43. The number of urea groups is 1. The summed E-state index contributed by atoms with van der Waals surface area (Å²) in [6.07, 6.45) is 4.91. The standard InChI is InChI=1S/C23H27Cl2N3O4S/c1-13(2)18-11-15(21(30)26-12-19(29)32-14-7-4-3-5-8-14)22(33-18)28-23(31)27-20-16(24)9-6-10-17(20)25/h6,9-11,13-14H,3-5,7-8,12H2,1-2H3,(H,26,30)(H2,27,28,31). The number of nitrogens with one attached hydrogen (secondary N) is 3. The number of hydrogen-bond donors (Lipinski definition) is 3. The van der Waals surface area contributed by atoms with E-state index in [1.54, 1.807) is 24.3 Å². The third-order valence-electron chi connectivity index (χ3n) is 5.24. The summed E-state index contributed by atoms with van der Waals surface area (Å²) in [5.41, 5.74) is 0.546. The molecule has 1 saturated carbocycles. The molecule has 0 spiro atoms. The number of ether oxygens (including phenoxy) is 1. The Balaban J connectivity index is 1.65. The number of para-hydroxylation sites is 1. The van der Waals surface area contributed by atoms with Gasteiger partial charge in [-0.25, -0.2) is 4.79 Å². The lowest BCUT2D eigenvalue weighted by Crippen LogP contribution is -2.33. The lowest BCUT2D eigenvalue weighted by Gasteiger charge is -2.21. The highest BCUT2D eigenvalue weighted by Crippen LogP contribution is 2.34. The number of benzene rings is 1. The van der Waals surface area contributed by atoms with Crippen molar-refractivity contribution in [3.05, 3.63) is 44.8 Å². The number of esters is 1. The van der Waals surface area contributed by atoms with Crippen LogP contribution in [-0.4, -0.2) is 30.6 Å². The molecule has 1 heterocycles. The Morgan fingerprint density at radius 1 is 1.09 bits per heavy atom. The minimum atomic E-state index is -0.590. The van der Waals surface area contributed by atoms with Crippen LogP contribution in [-0.2, 0) is 9.53 Å². The number of thiophene rings is 1. The minimum Gasteiger partial charge on any atom is -0.461 e. The summed E-state index contributed by atoms with van der Waals surface area (Å²) in [5, 5.41) is 8.86. The van der Waals surface area contributed by atoms with Gasteiger partial charge in [-0.05, 0) is 49.8 Å². The first-order valence-corrected chi connectivity index (χ1v) is 12.4. The van der Waals surface area contributed by atoms with Crippen LogP contribution in [0.25, 0.3) is 0 Å². The third kappa shape index (κ3) is 7.09. The molecule has 0 atom stereocenters. The van der Waals surface area contributed by atoms with Crippen LogP contribution in [0.4, 0.5) is 15.5 Å². The SMILES string of the molecule is CC(C)c1cc(C(=O)NCC(=O)OC2CCCCC2)c(NC(=O)Nc2c(Cl)cccc2Cl)s1. The predicted molar refractivity (Wildman–Crippen MR) is 133 cm³/mol. The average Bonchev–Trinajstić information content (AvgIpc) is 3.19. The molecule has 3 N–H and O–H groups in total. The van der Waals surface area contributed by atoms with Gasteiger partial charge >= 0.3 is 12.0 Å². The zero-order valence-electron chi connectivity index (χ0n) is 18.5. The van der Waals surface area contributed by atoms with Crippen molar-refractivity contribution in [1.82, 2.24) is 5.32 Å². The molecule has 0 aliphatic heterocycles. The Labute approximate surface area is 207 Å². The van der Waals surface area contributed by atoms with E-state index in [0.29, 0.717) is 15.0 Å². The summed E-state index contributed by atoms with van der Waals surface area (Å²) in [6.45, 7) is 3.74. The fourth-order valence-electron chi connectivity index (χ4n) is 3.48. The second-order valence-corrected chi connectivity index (χ2v) is 10.1. The molecule has 0 unspecified atom stereocenters. The van der Waals surface area contributed by atoms with E-state index in [-0.39, 0.29) is 29.8 Å². The van der Waals surface area contributed by atoms with Crippen LogP contribution in [0.5, 0.6) is 0 Å². The largest absolute Gasteiger partial charge is 0.461 e. The highest BCUT2D eigenvalue weighted by atomic mass is 35.5. The van der Waals surface area contributed by atoms with E-state index in [9.17, 15) is 14.4 Å². The summed E-state index contributed by atoms with van der Waals surface area (Å²) in [6, 6.07) is 6.01. The first kappa shape index (κ1) is 25.3. The molecule has 1 aromatic carbocycles. The first-order valence-electron chi connectivity index (χ1n) is 10.9.